The predicted molar refractivity (Wildman–Crippen MR) is 123 cm³/mol. The SMILES string of the molecule is CC(CC(N)CNC(=O)C(C)N1CCN(CC2CC2C)S1=O)C(=O)Nc1ccc(F)cc1. The van der Waals surface area contributed by atoms with Gasteiger partial charge in [0.25, 0.3) is 0 Å². The molecular weight excluding hydrogens is 433 g/mol. The Morgan fingerprint density at radius 1 is 1.22 bits per heavy atom. The first-order valence-corrected chi connectivity index (χ1v) is 12.3. The second-order valence-corrected chi connectivity index (χ2v) is 10.5. The van der Waals surface area contributed by atoms with Gasteiger partial charge in [0.15, 0.2) is 11.2 Å². The number of carbonyl (C=O) groups is 2. The minimum absolute atomic E-state index is 0.218. The first-order chi connectivity index (χ1) is 15.2. The molecule has 178 valence electrons. The fourth-order valence-corrected chi connectivity index (χ4v) is 5.32. The molecule has 6 unspecified atom stereocenters. The van der Waals surface area contributed by atoms with Gasteiger partial charge in [0.2, 0.25) is 11.8 Å². The number of nitrogens with zero attached hydrogens (tertiary/aromatic N) is 2. The molecule has 1 aromatic rings. The van der Waals surface area contributed by atoms with E-state index in [2.05, 4.69) is 17.6 Å². The molecule has 2 fully saturated rings. The molecule has 1 heterocycles. The Hall–Kier alpha value is -1.88. The number of nitrogens with one attached hydrogen (secondary N) is 2. The van der Waals surface area contributed by atoms with Crippen LogP contribution in [0.4, 0.5) is 10.1 Å². The number of carbonyl (C=O) groups excluding carboxylic acids is 2. The lowest BCUT2D eigenvalue weighted by molar-refractivity contribution is -0.124. The zero-order valence-electron chi connectivity index (χ0n) is 18.9. The van der Waals surface area contributed by atoms with Crippen molar-refractivity contribution in [1.29, 1.82) is 0 Å². The summed E-state index contributed by atoms with van der Waals surface area (Å²) in [7, 11) is 0. The highest BCUT2D eigenvalue weighted by atomic mass is 32.2. The molecule has 0 radical (unpaired) electrons. The van der Waals surface area contributed by atoms with Gasteiger partial charge in [-0.05, 0) is 55.9 Å². The number of amides is 2. The molecule has 0 spiro atoms. The summed E-state index contributed by atoms with van der Waals surface area (Å²) in [6, 6.07) is 4.62. The third kappa shape index (κ3) is 6.57. The molecule has 0 aromatic heterocycles. The molecule has 1 aliphatic carbocycles. The fraction of sp³-hybridized carbons (Fsp3) is 0.636. The molecule has 8 nitrogen and oxygen atoms in total. The molecule has 4 N–H and O–H groups in total. The Morgan fingerprint density at radius 2 is 1.88 bits per heavy atom. The van der Waals surface area contributed by atoms with E-state index >= 15 is 0 Å². The second kappa shape index (κ2) is 10.8. The minimum atomic E-state index is -1.30. The molecule has 6 atom stereocenters. The summed E-state index contributed by atoms with van der Waals surface area (Å²) in [6.07, 6.45) is 1.56. The molecule has 0 bridgehead atoms. The third-order valence-electron chi connectivity index (χ3n) is 6.27. The Kier molecular flexibility index (Phi) is 8.37. The van der Waals surface area contributed by atoms with E-state index in [1.54, 1.807) is 18.2 Å². The van der Waals surface area contributed by atoms with E-state index in [1.807, 2.05) is 4.31 Å². The minimum Gasteiger partial charge on any atom is -0.353 e. The molecule has 1 aliphatic heterocycles. The topological polar surface area (TPSA) is 108 Å². The van der Waals surface area contributed by atoms with Gasteiger partial charge in [-0.3, -0.25) is 9.59 Å². The van der Waals surface area contributed by atoms with E-state index in [9.17, 15) is 18.2 Å². The highest BCUT2D eigenvalue weighted by Gasteiger charge is 2.40. The average molecular weight is 468 g/mol. The Balaban J connectivity index is 1.39. The van der Waals surface area contributed by atoms with Gasteiger partial charge in [-0.2, -0.15) is 4.31 Å². The van der Waals surface area contributed by atoms with Crippen molar-refractivity contribution < 1.29 is 18.2 Å². The molecule has 2 amide bonds. The summed E-state index contributed by atoms with van der Waals surface area (Å²) in [6.45, 7) is 8.05. The van der Waals surface area contributed by atoms with Crippen LogP contribution in [-0.4, -0.2) is 62.9 Å². The van der Waals surface area contributed by atoms with Crippen molar-refractivity contribution in [2.75, 3.05) is 31.5 Å². The van der Waals surface area contributed by atoms with Crippen LogP contribution in [-0.2, 0) is 20.8 Å². The maximum absolute atomic E-state index is 13.0. The van der Waals surface area contributed by atoms with Crippen LogP contribution in [0.2, 0.25) is 0 Å². The number of hydrogen-bond acceptors (Lipinski definition) is 4. The van der Waals surface area contributed by atoms with E-state index < -0.39 is 23.3 Å². The number of nitrogens with two attached hydrogens (primary N) is 1. The predicted octanol–water partition coefficient (Wildman–Crippen LogP) is 1.47. The quantitative estimate of drug-likeness (QED) is 0.484. The van der Waals surface area contributed by atoms with Gasteiger partial charge in [0.05, 0.1) is 6.04 Å². The van der Waals surface area contributed by atoms with E-state index in [0.29, 0.717) is 37.0 Å². The van der Waals surface area contributed by atoms with Gasteiger partial charge in [0.1, 0.15) is 5.82 Å². The van der Waals surface area contributed by atoms with Gasteiger partial charge in [-0.1, -0.05) is 13.8 Å². The summed E-state index contributed by atoms with van der Waals surface area (Å²) in [5, 5.41) is 5.55. The molecule has 2 aliphatic rings. The average Bonchev–Trinajstić information content (AvgIpc) is 3.34. The number of rotatable bonds is 10. The van der Waals surface area contributed by atoms with E-state index in [1.165, 1.54) is 30.7 Å². The molecule has 32 heavy (non-hydrogen) atoms. The lowest BCUT2D eigenvalue weighted by Gasteiger charge is -2.24. The fourth-order valence-electron chi connectivity index (χ4n) is 3.87. The molecule has 1 saturated carbocycles. The van der Waals surface area contributed by atoms with Crippen LogP contribution < -0.4 is 16.4 Å². The van der Waals surface area contributed by atoms with Crippen molar-refractivity contribution in [3.8, 4) is 0 Å². The van der Waals surface area contributed by atoms with E-state index in [4.69, 9.17) is 5.73 Å². The van der Waals surface area contributed by atoms with Crippen molar-refractivity contribution in [3.05, 3.63) is 30.1 Å². The van der Waals surface area contributed by atoms with Crippen molar-refractivity contribution in [3.63, 3.8) is 0 Å². The van der Waals surface area contributed by atoms with Crippen LogP contribution in [0.5, 0.6) is 0 Å². The summed E-state index contributed by atoms with van der Waals surface area (Å²) < 4.78 is 29.4. The zero-order valence-corrected chi connectivity index (χ0v) is 19.7. The number of benzene rings is 1. The second-order valence-electron chi connectivity index (χ2n) is 9.05. The summed E-state index contributed by atoms with van der Waals surface area (Å²) in [4.78, 5) is 24.9. The summed E-state index contributed by atoms with van der Waals surface area (Å²) >= 11 is -1.30. The van der Waals surface area contributed by atoms with E-state index in [-0.39, 0.29) is 30.1 Å². The van der Waals surface area contributed by atoms with Crippen LogP contribution in [0.1, 0.15) is 33.6 Å². The standard InChI is InChI=1S/C22H34FN5O3S/c1-14-10-17(14)13-27-8-9-28(32(27)31)16(3)22(30)25-12-19(24)11-15(2)21(29)26-20-6-4-18(23)5-7-20/h4-7,14-17,19H,8-13,24H2,1-3H3,(H,25,30)(H,26,29). The summed E-state index contributed by atoms with van der Waals surface area (Å²) in [5.41, 5.74) is 6.64. The normalized spacial score (nSPS) is 26.3. The monoisotopic (exact) mass is 467 g/mol. The van der Waals surface area contributed by atoms with Crippen LogP contribution >= 0.6 is 0 Å². The molecule has 1 aromatic carbocycles. The van der Waals surface area contributed by atoms with Gasteiger partial charge < -0.3 is 16.4 Å². The Morgan fingerprint density at radius 3 is 2.50 bits per heavy atom. The zero-order chi connectivity index (χ0) is 23.4. The molecule has 10 heteroatoms. The van der Waals surface area contributed by atoms with Crippen LogP contribution in [0, 0.1) is 23.6 Å². The van der Waals surface area contributed by atoms with Crippen LogP contribution in [0.15, 0.2) is 24.3 Å². The molecular formula is C22H34FN5O3S. The highest BCUT2D eigenvalue weighted by Crippen LogP contribution is 2.39. The van der Waals surface area contributed by atoms with Crippen molar-refractivity contribution in [1.82, 2.24) is 13.9 Å². The van der Waals surface area contributed by atoms with Crippen LogP contribution in [0.3, 0.4) is 0 Å². The van der Waals surface area contributed by atoms with E-state index in [0.717, 1.165) is 6.54 Å². The van der Waals surface area contributed by atoms with Crippen LogP contribution in [0.25, 0.3) is 0 Å². The van der Waals surface area contributed by atoms with Gasteiger partial charge in [0, 0.05) is 43.8 Å². The van der Waals surface area contributed by atoms with Crippen molar-refractivity contribution >= 4 is 28.7 Å². The smallest absolute Gasteiger partial charge is 0.238 e. The van der Waals surface area contributed by atoms with Gasteiger partial charge >= 0.3 is 0 Å². The largest absolute Gasteiger partial charge is 0.353 e. The van der Waals surface area contributed by atoms with Gasteiger partial charge in [-0.25, -0.2) is 12.9 Å². The Bertz CT molecular complexity index is 839. The highest BCUT2D eigenvalue weighted by molar-refractivity contribution is 7.80. The summed E-state index contributed by atoms with van der Waals surface area (Å²) in [5.74, 6) is 0.120. The van der Waals surface area contributed by atoms with Gasteiger partial charge in [-0.15, -0.1) is 0 Å². The molecule has 1 saturated heterocycles. The first-order valence-electron chi connectivity index (χ1n) is 11.2. The Labute approximate surface area is 191 Å². The first kappa shape index (κ1) is 24.8. The maximum atomic E-state index is 13.0. The number of halogens is 1. The lowest BCUT2D eigenvalue weighted by atomic mass is 10.0. The van der Waals surface area contributed by atoms with Crippen molar-refractivity contribution in [2.24, 2.45) is 23.5 Å². The van der Waals surface area contributed by atoms with Crippen molar-refractivity contribution in [2.45, 2.75) is 45.7 Å². The number of hydrogen-bond donors (Lipinski definition) is 3. The number of anilines is 1. The third-order valence-corrected chi connectivity index (χ3v) is 7.94. The lowest BCUT2D eigenvalue weighted by Crippen LogP contribution is -2.48. The molecule has 3 rings (SSSR count). The maximum Gasteiger partial charge on any atom is 0.238 e.